The summed E-state index contributed by atoms with van der Waals surface area (Å²) in [7, 11) is 0. The lowest BCUT2D eigenvalue weighted by molar-refractivity contribution is 0.104. The molecule has 0 saturated heterocycles. The minimum Gasteiger partial charge on any atom is -0.456 e. The van der Waals surface area contributed by atoms with Gasteiger partial charge < -0.3 is 4.42 Å². The van der Waals surface area contributed by atoms with Gasteiger partial charge in [-0.1, -0.05) is 42.5 Å². The Balaban J connectivity index is 1.95. The standard InChI is InChI=1S/C19H10O2/c20-19-13-7-2-1-5-11(13)14-9-15-12-6-3-4-8-17(12)21-18(15)10-16(14)19/h1-10H. The van der Waals surface area contributed by atoms with Crippen molar-refractivity contribution in [3.05, 3.63) is 71.8 Å². The summed E-state index contributed by atoms with van der Waals surface area (Å²) in [6.07, 6.45) is 0. The third kappa shape index (κ3) is 1.29. The lowest BCUT2D eigenvalue weighted by Gasteiger charge is -1.99. The van der Waals surface area contributed by atoms with E-state index in [4.69, 9.17) is 4.42 Å². The SMILES string of the molecule is O=C1c2ccccc2-c2cc3c(cc21)oc1ccccc13. The second-order valence-electron chi connectivity index (χ2n) is 5.37. The van der Waals surface area contributed by atoms with E-state index in [1.165, 1.54) is 0 Å². The van der Waals surface area contributed by atoms with E-state index in [9.17, 15) is 4.79 Å². The van der Waals surface area contributed by atoms with Gasteiger partial charge in [0.15, 0.2) is 5.78 Å². The highest BCUT2D eigenvalue weighted by Gasteiger charge is 2.27. The zero-order chi connectivity index (χ0) is 14.0. The number of hydrogen-bond acceptors (Lipinski definition) is 2. The number of furan rings is 1. The molecule has 0 atom stereocenters. The van der Waals surface area contributed by atoms with E-state index in [1.54, 1.807) is 0 Å². The number of carbonyl (C=O) groups is 1. The van der Waals surface area contributed by atoms with Crippen molar-refractivity contribution in [1.29, 1.82) is 0 Å². The van der Waals surface area contributed by atoms with Crippen molar-refractivity contribution in [3.8, 4) is 11.1 Å². The Hall–Kier alpha value is -2.87. The number of carbonyl (C=O) groups excluding carboxylic acids is 1. The van der Waals surface area contributed by atoms with Crippen LogP contribution < -0.4 is 0 Å². The third-order valence-corrected chi connectivity index (χ3v) is 4.22. The molecule has 0 bridgehead atoms. The second kappa shape index (κ2) is 3.61. The first-order valence-electron chi connectivity index (χ1n) is 6.92. The monoisotopic (exact) mass is 270 g/mol. The number of hydrogen-bond donors (Lipinski definition) is 0. The first kappa shape index (κ1) is 10.9. The summed E-state index contributed by atoms with van der Waals surface area (Å²) in [6, 6.07) is 19.7. The van der Waals surface area contributed by atoms with Crippen molar-refractivity contribution in [1.82, 2.24) is 0 Å². The molecule has 0 unspecified atom stereocenters. The molecule has 0 radical (unpaired) electrons. The fourth-order valence-electron chi connectivity index (χ4n) is 3.24. The van der Waals surface area contributed by atoms with E-state index in [0.717, 1.165) is 44.2 Å². The van der Waals surface area contributed by atoms with Gasteiger partial charge in [0.25, 0.3) is 0 Å². The van der Waals surface area contributed by atoms with Gasteiger partial charge >= 0.3 is 0 Å². The summed E-state index contributed by atoms with van der Waals surface area (Å²) in [5, 5.41) is 2.15. The maximum Gasteiger partial charge on any atom is 0.194 e. The molecule has 3 aromatic carbocycles. The summed E-state index contributed by atoms with van der Waals surface area (Å²) < 4.78 is 5.87. The van der Waals surface area contributed by atoms with Crippen LogP contribution in [0.5, 0.6) is 0 Å². The molecular formula is C19H10O2. The van der Waals surface area contributed by atoms with Gasteiger partial charge in [-0.3, -0.25) is 4.79 Å². The van der Waals surface area contributed by atoms with E-state index in [2.05, 4.69) is 12.1 Å². The van der Waals surface area contributed by atoms with Crippen LogP contribution in [0.1, 0.15) is 15.9 Å². The van der Waals surface area contributed by atoms with Gasteiger partial charge in [0.2, 0.25) is 0 Å². The summed E-state index contributed by atoms with van der Waals surface area (Å²) in [5.74, 6) is 0.0861. The minimum absolute atomic E-state index is 0.0861. The van der Waals surface area contributed by atoms with Crippen LogP contribution in [0.2, 0.25) is 0 Å². The Labute approximate surface area is 120 Å². The molecular weight excluding hydrogens is 260 g/mol. The predicted molar refractivity (Wildman–Crippen MR) is 82.6 cm³/mol. The molecule has 21 heavy (non-hydrogen) atoms. The number of para-hydroxylation sites is 1. The summed E-state index contributed by atoms with van der Waals surface area (Å²) in [5.41, 5.74) is 5.18. The Morgan fingerprint density at radius 1 is 0.619 bits per heavy atom. The van der Waals surface area contributed by atoms with E-state index in [-0.39, 0.29) is 5.78 Å². The van der Waals surface area contributed by atoms with Crippen LogP contribution in [0.15, 0.2) is 65.1 Å². The molecule has 98 valence electrons. The topological polar surface area (TPSA) is 30.2 Å². The van der Waals surface area contributed by atoms with Crippen molar-refractivity contribution in [2.75, 3.05) is 0 Å². The lowest BCUT2D eigenvalue weighted by atomic mass is 10.0. The molecule has 0 amide bonds. The average Bonchev–Trinajstić information content (AvgIpc) is 3.02. The molecule has 0 saturated carbocycles. The first-order valence-corrected chi connectivity index (χ1v) is 6.92. The maximum atomic E-state index is 12.5. The fraction of sp³-hybridized carbons (Fsp3) is 0. The smallest absolute Gasteiger partial charge is 0.194 e. The summed E-state index contributed by atoms with van der Waals surface area (Å²) in [6.45, 7) is 0. The van der Waals surface area contributed by atoms with Gasteiger partial charge in [-0.2, -0.15) is 0 Å². The molecule has 2 heteroatoms. The van der Waals surface area contributed by atoms with Crippen molar-refractivity contribution in [3.63, 3.8) is 0 Å². The van der Waals surface area contributed by atoms with Gasteiger partial charge in [-0.15, -0.1) is 0 Å². The van der Waals surface area contributed by atoms with Crippen molar-refractivity contribution >= 4 is 27.7 Å². The summed E-state index contributed by atoms with van der Waals surface area (Å²) >= 11 is 0. The lowest BCUT2D eigenvalue weighted by Crippen LogP contribution is -1.94. The number of benzene rings is 3. The zero-order valence-electron chi connectivity index (χ0n) is 11.1. The number of fused-ring (bicyclic) bond motifs is 6. The largest absolute Gasteiger partial charge is 0.456 e. The van der Waals surface area contributed by atoms with Gasteiger partial charge in [-0.05, 0) is 29.3 Å². The predicted octanol–water partition coefficient (Wildman–Crippen LogP) is 4.80. The fourth-order valence-corrected chi connectivity index (χ4v) is 3.24. The van der Waals surface area contributed by atoms with Crippen molar-refractivity contribution < 1.29 is 9.21 Å². The van der Waals surface area contributed by atoms with Crippen LogP contribution in [0.4, 0.5) is 0 Å². The van der Waals surface area contributed by atoms with Gasteiger partial charge in [0.05, 0.1) is 0 Å². The van der Waals surface area contributed by atoms with Crippen molar-refractivity contribution in [2.24, 2.45) is 0 Å². The quantitative estimate of drug-likeness (QED) is 0.404. The molecule has 0 spiro atoms. The number of ketones is 1. The van der Waals surface area contributed by atoms with Crippen LogP contribution in [0.3, 0.4) is 0 Å². The molecule has 0 aliphatic heterocycles. The van der Waals surface area contributed by atoms with Gasteiger partial charge in [0, 0.05) is 21.9 Å². The van der Waals surface area contributed by atoms with Gasteiger partial charge in [0.1, 0.15) is 11.2 Å². The normalized spacial score (nSPS) is 12.9. The minimum atomic E-state index is 0.0861. The highest BCUT2D eigenvalue weighted by Crippen LogP contribution is 2.41. The van der Waals surface area contributed by atoms with Crippen LogP contribution >= 0.6 is 0 Å². The van der Waals surface area contributed by atoms with E-state index in [0.29, 0.717) is 0 Å². The van der Waals surface area contributed by atoms with Crippen LogP contribution in [0, 0.1) is 0 Å². The zero-order valence-corrected chi connectivity index (χ0v) is 11.1. The average molecular weight is 270 g/mol. The molecule has 5 rings (SSSR count). The molecule has 1 aliphatic carbocycles. The Morgan fingerprint density at radius 3 is 2.29 bits per heavy atom. The molecule has 1 heterocycles. The molecule has 0 fully saturated rings. The summed E-state index contributed by atoms with van der Waals surface area (Å²) in [4.78, 5) is 12.5. The Bertz CT molecular complexity index is 1050. The van der Waals surface area contributed by atoms with Gasteiger partial charge in [-0.25, -0.2) is 0 Å². The maximum absolute atomic E-state index is 12.5. The van der Waals surface area contributed by atoms with Crippen LogP contribution in [-0.4, -0.2) is 5.78 Å². The molecule has 2 nitrogen and oxygen atoms in total. The molecule has 1 aromatic heterocycles. The van der Waals surface area contributed by atoms with Crippen LogP contribution in [-0.2, 0) is 0 Å². The van der Waals surface area contributed by atoms with Crippen molar-refractivity contribution in [2.45, 2.75) is 0 Å². The Morgan fingerprint density at radius 2 is 1.38 bits per heavy atom. The molecule has 1 aliphatic rings. The van der Waals surface area contributed by atoms with E-state index in [1.807, 2.05) is 48.5 Å². The molecule has 4 aromatic rings. The highest BCUT2D eigenvalue weighted by atomic mass is 16.3. The number of rotatable bonds is 0. The first-order chi connectivity index (χ1) is 10.3. The molecule has 0 N–H and O–H groups in total. The second-order valence-corrected chi connectivity index (χ2v) is 5.37. The van der Waals surface area contributed by atoms with E-state index >= 15 is 0 Å². The third-order valence-electron chi connectivity index (χ3n) is 4.22. The van der Waals surface area contributed by atoms with E-state index < -0.39 is 0 Å². The highest BCUT2D eigenvalue weighted by molar-refractivity contribution is 6.24. The Kier molecular flexibility index (Phi) is 1.87. The van der Waals surface area contributed by atoms with Crippen LogP contribution in [0.25, 0.3) is 33.1 Å².